The molecule has 0 radical (unpaired) electrons. The molecule has 0 bridgehead atoms. The number of fused-ring (bicyclic) bond motifs is 2. The Morgan fingerprint density at radius 3 is 1.96 bits per heavy atom. The van der Waals surface area contributed by atoms with E-state index in [2.05, 4.69) is 75.4 Å². The second-order valence-corrected chi connectivity index (χ2v) is 8.11. The molecule has 0 aromatic heterocycles. The average molecular weight is 369 g/mol. The fourth-order valence-corrected chi connectivity index (χ4v) is 4.66. The van der Waals surface area contributed by atoms with E-state index in [-0.39, 0.29) is 0 Å². The van der Waals surface area contributed by atoms with Gasteiger partial charge in [0.05, 0.1) is 0 Å². The van der Waals surface area contributed by atoms with Gasteiger partial charge in [0.1, 0.15) is 0 Å². The van der Waals surface area contributed by atoms with Crippen LogP contribution in [0.25, 0.3) is 11.1 Å². The molecule has 0 aliphatic heterocycles. The van der Waals surface area contributed by atoms with E-state index in [9.17, 15) is 0 Å². The maximum absolute atomic E-state index is 2.54. The van der Waals surface area contributed by atoms with Crippen LogP contribution in [-0.4, -0.2) is 0 Å². The molecular formula is C28H32. The SMILES string of the molecule is CCCCc1cc(-c2cccc3c2=c2ccccc2=3)c(CCCC)cc1CC. The Bertz CT molecular complexity index is 1170. The standard InChI is InChI=1S/C28H32/c1-4-7-12-21-19-27(22(13-8-5-2)18-20(21)6-3)26-17-11-16-25-23-14-9-10-15-24(23)28(25)26/h9-11,14-19H,4-8,12-13H2,1-3H3. The van der Waals surface area contributed by atoms with Gasteiger partial charge in [0.2, 0.25) is 0 Å². The number of hydrogen-bond donors (Lipinski definition) is 0. The Kier molecular flexibility index (Phi) is 5.67. The summed E-state index contributed by atoms with van der Waals surface area (Å²) < 4.78 is 0. The van der Waals surface area contributed by atoms with Crippen LogP contribution in [0.1, 0.15) is 63.1 Å². The molecule has 3 aromatic carbocycles. The maximum atomic E-state index is 2.54. The molecule has 0 nitrogen and oxygen atoms in total. The van der Waals surface area contributed by atoms with Crippen molar-refractivity contribution in [3.05, 3.63) is 92.2 Å². The second-order valence-electron chi connectivity index (χ2n) is 8.11. The van der Waals surface area contributed by atoms with Crippen LogP contribution in [0.3, 0.4) is 0 Å². The summed E-state index contributed by atoms with van der Waals surface area (Å²) in [5, 5.41) is 5.71. The Morgan fingerprint density at radius 1 is 0.571 bits per heavy atom. The van der Waals surface area contributed by atoms with Crippen molar-refractivity contribution in [2.75, 3.05) is 0 Å². The van der Waals surface area contributed by atoms with Gasteiger partial charge in [0.25, 0.3) is 0 Å². The zero-order valence-electron chi connectivity index (χ0n) is 17.6. The van der Waals surface area contributed by atoms with Gasteiger partial charge in [-0.05, 0) is 80.8 Å². The van der Waals surface area contributed by atoms with Crippen molar-refractivity contribution < 1.29 is 0 Å². The van der Waals surface area contributed by atoms with E-state index >= 15 is 0 Å². The van der Waals surface area contributed by atoms with Crippen molar-refractivity contribution in [2.24, 2.45) is 0 Å². The molecule has 0 spiro atoms. The predicted octanol–water partition coefficient (Wildman–Crippen LogP) is 7.49. The van der Waals surface area contributed by atoms with Crippen molar-refractivity contribution in [3.8, 4) is 11.1 Å². The quantitative estimate of drug-likeness (QED) is 0.302. The van der Waals surface area contributed by atoms with E-state index in [0.717, 1.165) is 6.42 Å². The molecule has 0 N–H and O–H groups in total. The van der Waals surface area contributed by atoms with Gasteiger partial charge >= 0.3 is 0 Å². The fraction of sp³-hybridized carbons (Fsp3) is 0.357. The lowest BCUT2D eigenvalue weighted by Gasteiger charge is -2.18. The molecular weight excluding hydrogens is 336 g/mol. The number of rotatable bonds is 8. The highest BCUT2D eigenvalue weighted by Crippen LogP contribution is 2.33. The van der Waals surface area contributed by atoms with Crippen LogP contribution >= 0.6 is 0 Å². The van der Waals surface area contributed by atoms with Crippen molar-refractivity contribution in [2.45, 2.75) is 65.7 Å². The van der Waals surface area contributed by atoms with E-state index in [1.165, 1.54) is 76.1 Å². The molecule has 4 rings (SSSR count). The minimum absolute atomic E-state index is 1.13. The van der Waals surface area contributed by atoms with E-state index in [1.54, 1.807) is 11.1 Å². The predicted molar refractivity (Wildman–Crippen MR) is 120 cm³/mol. The van der Waals surface area contributed by atoms with Gasteiger partial charge in [-0.15, -0.1) is 0 Å². The zero-order valence-corrected chi connectivity index (χ0v) is 17.6. The minimum Gasteiger partial charge on any atom is -0.0654 e. The summed E-state index contributed by atoms with van der Waals surface area (Å²) in [7, 11) is 0. The number of hydrogen-bond acceptors (Lipinski definition) is 0. The van der Waals surface area contributed by atoms with Crippen molar-refractivity contribution in [3.63, 3.8) is 0 Å². The lowest BCUT2D eigenvalue weighted by Crippen LogP contribution is -2.02. The van der Waals surface area contributed by atoms with E-state index in [4.69, 9.17) is 0 Å². The topological polar surface area (TPSA) is 0 Å². The normalized spacial score (nSPS) is 11.7. The Morgan fingerprint density at radius 2 is 1.25 bits per heavy atom. The maximum Gasteiger partial charge on any atom is -0.00203 e. The highest BCUT2D eigenvalue weighted by Gasteiger charge is 2.14. The Hall–Kier alpha value is -2.34. The zero-order chi connectivity index (χ0) is 19.5. The summed E-state index contributed by atoms with van der Waals surface area (Å²) in [6.07, 6.45) is 8.55. The van der Waals surface area contributed by atoms with Crippen LogP contribution < -0.4 is 0 Å². The molecule has 0 saturated heterocycles. The first-order valence-electron chi connectivity index (χ1n) is 11.2. The van der Waals surface area contributed by atoms with Crippen LogP contribution in [0.4, 0.5) is 0 Å². The van der Waals surface area contributed by atoms with Gasteiger partial charge in [-0.25, -0.2) is 0 Å². The smallest absolute Gasteiger partial charge is 0.00203 e. The number of unbranched alkanes of at least 4 members (excludes halogenated alkanes) is 2. The van der Waals surface area contributed by atoms with Crippen LogP contribution in [0.2, 0.25) is 0 Å². The molecule has 1 aliphatic rings. The molecule has 144 valence electrons. The van der Waals surface area contributed by atoms with Gasteiger partial charge in [0, 0.05) is 0 Å². The van der Waals surface area contributed by atoms with E-state index in [1.807, 2.05) is 0 Å². The molecule has 0 saturated carbocycles. The highest BCUT2D eigenvalue weighted by molar-refractivity contribution is 5.71. The van der Waals surface area contributed by atoms with Gasteiger partial charge in [0.15, 0.2) is 0 Å². The first-order valence-corrected chi connectivity index (χ1v) is 11.2. The minimum atomic E-state index is 1.13. The third-order valence-electron chi connectivity index (χ3n) is 6.25. The summed E-state index contributed by atoms with van der Waals surface area (Å²) in [6, 6.07) is 20.8. The fourth-order valence-electron chi connectivity index (χ4n) is 4.66. The average Bonchev–Trinajstić information content (AvgIpc) is 2.73. The molecule has 0 heteroatoms. The summed E-state index contributed by atoms with van der Waals surface area (Å²) in [6.45, 7) is 6.89. The molecule has 28 heavy (non-hydrogen) atoms. The molecule has 0 amide bonds. The summed E-state index contributed by atoms with van der Waals surface area (Å²) >= 11 is 0. The largest absolute Gasteiger partial charge is 0.0654 e. The van der Waals surface area contributed by atoms with Crippen LogP contribution in [0.5, 0.6) is 0 Å². The Labute approximate surface area is 169 Å². The second kappa shape index (κ2) is 8.35. The molecule has 1 aliphatic carbocycles. The van der Waals surface area contributed by atoms with E-state index in [0.29, 0.717) is 0 Å². The highest BCUT2D eigenvalue weighted by atomic mass is 14.2. The first kappa shape index (κ1) is 19.0. The monoisotopic (exact) mass is 368 g/mol. The summed E-state index contributed by atoms with van der Waals surface area (Å²) in [5.41, 5.74) is 7.56. The Balaban J connectivity index is 1.95. The van der Waals surface area contributed by atoms with Gasteiger partial charge in [-0.1, -0.05) is 88.2 Å². The third-order valence-corrected chi connectivity index (χ3v) is 6.25. The van der Waals surface area contributed by atoms with Crippen LogP contribution in [0, 0.1) is 20.9 Å². The molecule has 3 aromatic rings. The van der Waals surface area contributed by atoms with Gasteiger partial charge < -0.3 is 0 Å². The van der Waals surface area contributed by atoms with Crippen molar-refractivity contribution in [1.29, 1.82) is 0 Å². The first-order chi connectivity index (χ1) is 13.8. The van der Waals surface area contributed by atoms with Crippen molar-refractivity contribution >= 4 is 0 Å². The third kappa shape index (κ3) is 3.30. The van der Waals surface area contributed by atoms with Gasteiger partial charge in [-0.2, -0.15) is 0 Å². The number of benzene rings is 3. The molecule has 0 heterocycles. The number of aryl methyl sites for hydroxylation is 3. The van der Waals surface area contributed by atoms with E-state index < -0.39 is 0 Å². The van der Waals surface area contributed by atoms with Crippen LogP contribution in [0.15, 0.2) is 54.6 Å². The molecule has 0 unspecified atom stereocenters. The lowest BCUT2D eigenvalue weighted by atomic mass is 9.86. The van der Waals surface area contributed by atoms with Crippen molar-refractivity contribution in [1.82, 2.24) is 0 Å². The lowest BCUT2D eigenvalue weighted by molar-refractivity contribution is 0.779. The summed E-state index contributed by atoms with van der Waals surface area (Å²) in [5.74, 6) is 0. The molecule has 0 atom stereocenters. The van der Waals surface area contributed by atoms with Gasteiger partial charge in [-0.3, -0.25) is 0 Å². The summed E-state index contributed by atoms with van der Waals surface area (Å²) in [4.78, 5) is 0. The van der Waals surface area contributed by atoms with Crippen LogP contribution in [-0.2, 0) is 19.3 Å². The molecule has 0 fully saturated rings.